The van der Waals surface area contributed by atoms with E-state index >= 15 is 0 Å². The molecule has 0 fully saturated rings. The van der Waals surface area contributed by atoms with Gasteiger partial charge in [-0.1, -0.05) is 36.4 Å². The van der Waals surface area contributed by atoms with Crippen LogP contribution in [0.4, 0.5) is 10.1 Å². The molecule has 0 atom stereocenters. The van der Waals surface area contributed by atoms with Crippen LogP contribution in [-0.4, -0.2) is 15.7 Å². The topological polar surface area (TPSA) is 64.0 Å². The first-order chi connectivity index (χ1) is 12.0. The van der Waals surface area contributed by atoms with Crippen LogP contribution in [0.2, 0.25) is 0 Å². The first-order valence-corrected chi connectivity index (χ1v) is 7.72. The molecule has 1 heterocycles. The highest BCUT2D eigenvalue weighted by atomic mass is 19.1. The third-order valence-corrected chi connectivity index (χ3v) is 3.64. The fraction of sp³-hybridized carbons (Fsp3) is 0.105. The highest BCUT2D eigenvalue weighted by Crippen LogP contribution is 2.16. The van der Waals surface area contributed by atoms with Crippen LogP contribution in [0.15, 0.2) is 65.5 Å². The van der Waals surface area contributed by atoms with Gasteiger partial charge in [0.25, 0.3) is 11.5 Å². The SMILES string of the molecule is Cc1ccc(F)c(NC(=O)c2ccc(=O)n(Cc3ccccc3)n2)c1. The summed E-state index contributed by atoms with van der Waals surface area (Å²) in [6, 6.07) is 16.4. The van der Waals surface area contributed by atoms with Crippen molar-refractivity contribution in [3.8, 4) is 0 Å². The van der Waals surface area contributed by atoms with Crippen molar-refractivity contribution in [2.24, 2.45) is 0 Å². The van der Waals surface area contributed by atoms with E-state index in [1.165, 1.54) is 28.9 Å². The van der Waals surface area contributed by atoms with E-state index in [2.05, 4.69) is 10.4 Å². The molecule has 0 aliphatic rings. The van der Waals surface area contributed by atoms with E-state index in [0.717, 1.165) is 11.1 Å². The zero-order chi connectivity index (χ0) is 17.8. The van der Waals surface area contributed by atoms with E-state index in [1.54, 1.807) is 13.0 Å². The third-order valence-electron chi connectivity index (χ3n) is 3.64. The molecule has 0 radical (unpaired) electrons. The van der Waals surface area contributed by atoms with Crippen molar-refractivity contribution in [2.75, 3.05) is 5.32 Å². The van der Waals surface area contributed by atoms with Crippen LogP contribution >= 0.6 is 0 Å². The summed E-state index contributed by atoms with van der Waals surface area (Å²) in [6.45, 7) is 2.05. The predicted octanol–water partition coefficient (Wildman–Crippen LogP) is 2.99. The van der Waals surface area contributed by atoms with Crippen molar-refractivity contribution < 1.29 is 9.18 Å². The van der Waals surface area contributed by atoms with E-state index in [0.29, 0.717) is 0 Å². The lowest BCUT2D eigenvalue weighted by Gasteiger charge is -2.09. The van der Waals surface area contributed by atoms with Crippen molar-refractivity contribution in [1.82, 2.24) is 9.78 Å². The number of aromatic nitrogens is 2. The van der Waals surface area contributed by atoms with Crippen LogP contribution in [0.25, 0.3) is 0 Å². The number of carbonyl (C=O) groups excluding carboxylic acids is 1. The Morgan fingerprint density at radius 2 is 1.88 bits per heavy atom. The molecular weight excluding hydrogens is 321 g/mol. The minimum atomic E-state index is -0.577. The molecule has 25 heavy (non-hydrogen) atoms. The van der Waals surface area contributed by atoms with Crippen molar-refractivity contribution in [3.05, 3.63) is 93.7 Å². The molecule has 3 rings (SSSR count). The van der Waals surface area contributed by atoms with Crippen molar-refractivity contribution >= 4 is 11.6 Å². The van der Waals surface area contributed by atoms with Crippen molar-refractivity contribution in [1.29, 1.82) is 0 Å². The van der Waals surface area contributed by atoms with Gasteiger partial charge in [0.2, 0.25) is 0 Å². The summed E-state index contributed by atoms with van der Waals surface area (Å²) in [5, 5.41) is 6.57. The molecule has 2 aromatic carbocycles. The third kappa shape index (κ3) is 3.98. The second-order valence-corrected chi connectivity index (χ2v) is 5.64. The molecule has 0 saturated carbocycles. The number of nitrogens with one attached hydrogen (secondary N) is 1. The maximum absolute atomic E-state index is 13.8. The average Bonchev–Trinajstić information content (AvgIpc) is 2.61. The van der Waals surface area contributed by atoms with Crippen LogP contribution in [0.1, 0.15) is 21.6 Å². The van der Waals surface area contributed by atoms with E-state index in [-0.39, 0.29) is 23.5 Å². The number of carbonyl (C=O) groups is 1. The molecule has 5 nitrogen and oxygen atoms in total. The van der Waals surface area contributed by atoms with E-state index in [1.807, 2.05) is 30.3 Å². The Morgan fingerprint density at radius 1 is 1.12 bits per heavy atom. The lowest BCUT2D eigenvalue weighted by atomic mass is 10.2. The summed E-state index contributed by atoms with van der Waals surface area (Å²) in [4.78, 5) is 24.3. The number of hydrogen-bond donors (Lipinski definition) is 1. The quantitative estimate of drug-likeness (QED) is 0.796. The number of nitrogens with zero attached hydrogens (tertiary/aromatic N) is 2. The minimum Gasteiger partial charge on any atom is -0.318 e. The molecule has 1 amide bonds. The van der Waals surface area contributed by atoms with Gasteiger partial charge in [0.15, 0.2) is 0 Å². The Morgan fingerprint density at radius 3 is 2.64 bits per heavy atom. The van der Waals surface area contributed by atoms with Gasteiger partial charge >= 0.3 is 0 Å². The fourth-order valence-corrected chi connectivity index (χ4v) is 2.36. The number of hydrogen-bond acceptors (Lipinski definition) is 3. The molecule has 0 unspecified atom stereocenters. The maximum atomic E-state index is 13.8. The summed E-state index contributed by atoms with van der Waals surface area (Å²) >= 11 is 0. The van der Waals surface area contributed by atoms with Gasteiger partial charge in [0.1, 0.15) is 11.5 Å². The van der Waals surface area contributed by atoms with E-state index < -0.39 is 11.7 Å². The Bertz CT molecular complexity index is 968. The van der Waals surface area contributed by atoms with E-state index in [4.69, 9.17) is 0 Å². The first-order valence-electron chi connectivity index (χ1n) is 7.72. The van der Waals surface area contributed by atoms with Gasteiger partial charge in [-0.05, 0) is 36.2 Å². The molecule has 3 aromatic rings. The molecular formula is C19H16FN3O2. The number of aryl methyl sites for hydroxylation is 1. The number of amides is 1. The van der Waals surface area contributed by atoms with Gasteiger partial charge in [-0.15, -0.1) is 0 Å². The molecule has 0 bridgehead atoms. The van der Waals surface area contributed by atoms with Crippen LogP contribution in [0.3, 0.4) is 0 Å². The summed E-state index contributed by atoms with van der Waals surface area (Å²) in [6.07, 6.45) is 0. The lowest BCUT2D eigenvalue weighted by Crippen LogP contribution is -2.26. The van der Waals surface area contributed by atoms with Crippen LogP contribution < -0.4 is 10.9 Å². The molecule has 126 valence electrons. The second-order valence-electron chi connectivity index (χ2n) is 5.64. The van der Waals surface area contributed by atoms with Crippen LogP contribution in [0, 0.1) is 12.7 Å². The summed E-state index contributed by atoms with van der Waals surface area (Å²) < 4.78 is 15.0. The highest BCUT2D eigenvalue weighted by Gasteiger charge is 2.12. The largest absolute Gasteiger partial charge is 0.318 e. The molecule has 0 spiro atoms. The van der Waals surface area contributed by atoms with Gasteiger partial charge in [-0.2, -0.15) is 5.10 Å². The number of anilines is 1. The highest BCUT2D eigenvalue weighted by molar-refractivity contribution is 6.02. The van der Waals surface area contributed by atoms with Crippen LogP contribution in [-0.2, 0) is 6.54 Å². The fourth-order valence-electron chi connectivity index (χ4n) is 2.36. The lowest BCUT2D eigenvalue weighted by molar-refractivity contribution is 0.101. The smallest absolute Gasteiger partial charge is 0.276 e. The molecule has 1 N–H and O–H groups in total. The molecule has 0 aliphatic carbocycles. The number of rotatable bonds is 4. The molecule has 0 saturated heterocycles. The van der Waals surface area contributed by atoms with Gasteiger partial charge < -0.3 is 5.32 Å². The van der Waals surface area contributed by atoms with Gasteiger partial charge in [-0.3, -0.25) is 9.59 Å². The number of benzene rings is 2. The van der Waals surface area contributed by atoms with Gasteiger partial charge in [0.05, 0.1) is 12.2 Å². The van der Waals surface area contributed by atoms with Crippen molar-refractivity contribution in [2.45, 2.75) is 13.5 Å². The number of halogens is 1. The Kier molecular flexibility index (Phi) is 4.70. The van der Waals surface area contributed by atoms with Crippen LogP contribution in [0.5, 0.6) is 0 Å². The summed E-state index contributed by atoms with van der Waals surface area (Å²) in [7, 11) is 0. The monoisotopic (exact) mass is 337 g/mol. The zero-order valence-electron chi connectivity index (χ0n) is 13.6. The van der Waals surface area contributed by atoms with Gasteiger partial charge in [-0.25, -0.2) is 9.07 Å². The normalized spacial score (nSPS) is 10.5. The van der Waals surface area contributed by atoms with E-state index in [9.17, 15) is 14.0 Å². The molecule has 0 aliphatic heterocycles. The Balaban J connectivity index is 1.85. The molecule has 6 heteroatoms. The Hall–Kier alpha value is -3.28. The average molecular weight is 337 g/mol. The summed E-state index contributed by atoms with van der Waals surface area (Å²) in [5.74, 6) is -1.11. The van der Waals surface area contributed by atoms with Crippen molar-refractivity contribution in [3.63, 3.8) is 0 Å². The van der Waals surface area contributed by atoms with Gasteiger partial charge in [0, 0.05) is 6.07 Å². The minimum absolute atomic E-state index is 0.0384. The predicted molar refractivity (Wildman–Crippen MR) is 93.1 cm³/mol. The maximum Gasteiger partial charge on any atom is 0.276 e. The first kappa shape index (κ1) is 16.6. The zero-order valence-corrected chi connectivity index (χ0v) is 13.6. The molecule has 1 aromatic heterocycles. The standard InChI is InChI=1S/C19H16FN3O2/c1-13-7-8-15(20)17(11-13)21-19(25)16-9-10-18(24)23(22-16)12-14-5-3-2-4-6-14/h2-11H,12H2,1H3,(H,21,25). The second kappa shape index (κ2) is 7.09. The Labute approximate surface area is 143 Å². The summed E-state index contributed by atoms with van der Waals surface area (Å²) in [5.41, 5.74) is 1.50.